The molecule has 1 aliphatic rings. The number of aromatic nitrogens is 1. The number of nitrogen functional groups attached to an aromatic ring is 1. The molecule has 0 radical (unpaired) electrons. The van der Waals surface area contributed by atoms with Gasteiger partial charge in [-0.2, -0.15) is 11.8 Å². The Kier molecular flexibility index (Phi) is 2.26. The minimum absolute atomic E-state index is 0.503. The molecule has 1 aromatic rings. The monoisotopic (exact) mass is 184 g/mol. The standard InChI is InChI=1S/C8H12N2OS/c9-8-5-7(11-10-8)6-1-3-12-4-2-6/h5-6H,1-4H2,(H2,9,10). The molecule has 1 aliphatic heterocycles. The fourth-order valence-electron chi connectivity index (χ4n) is 1.48. The molecule has 0 atom stereocenters. The fraction of sp³-hybridized carbons (Fsp3) is 0.625. The molecule has 0 aliphatic carbocycles. The van der Waals surface area contributed by atoms with E-state index >= 15 is 0 Å². The normalized spacial score (nSPS) is 19.7. The summed E-state index contributed by atoms with van der Waals surface area (Å²) in [5.41, 5.74) is 5.48. The number of hydrogen-bond donors (Lipinski definition) is 1. The topological polar surface area (TPSA) is 52.0 Å². The number of anilines is 1. The van der Waals surface area contributed by atoms with Gasteiger partial charge in [0.1, 0.15) is 5.76 Å². The van der Waals surface area contributed by atoms with Gasteiger partial charge in [-0.05, 0) is 24.3 Å². The van der Waals surface area contributed by atoms with Crippen molar-refractivity contribution in [1.29, 1.82) is 0 Å². The Morgan fingerprint density at radius 2 is 2.25 bits per heavy atom. The lowest BCUT2D eigenvalue weighted by Gasteiger charge is -2.17. The van der Waals surface area contributed by atoms with Crippen molar-refractivity contribution in [3.63, 3.8) is 0 Å². The van der Waals surface area contributed by atoms with Crippen LogP contribution in [0, 0.1) is 0 Å². The van der Waals surface area contributed by atoms with Gasteiger partial charge in [-0.25, -0.2) is 0 Å². The Hall–Kier alpha value is -0.640. The zero-order valence-electron chi connectivity index (χ0n) is 6.82. The molecule has 1 aromatic heterocycles. The van der Waals surface area contributed by atoms with Crippen LogP contribution in [0.2, 0.25) is 0 Å². The summed E-state index contributed by atoms with van der Waals surface area (Å²) in [5, 5.41) is 3.69. The third-order valence-electron chi connectivity index (χ3n) is 2.17. The Balaban J connectivity index is 2.08. The van der Waals surface area contributed by atoms with E-state index in [9.17, 15) is 0 Å². The zero-order valence-corrected chi connectivity index (χ0v) is 7.64. The summed E-state index contributed by atoms with van der Waals surface area (Å²) < 4.78 is 5.12. The van der Waals surface area contributed by atoms with Gasteiger partial charge < -0.3 is 10.3 Å². The first-order valence-electron chi connectivity index (χ1n) is 4.16. The molecule has 0 unspecified atom stereocenters. The molecular formula is C8H12N2OS. The van der Waals surface area contributed by atoms with Crippen molar-refractivity contribution in [3.05, 3.63) is 11.8 Å². The van der Waals surface area contributed by atoms with Crippen molar-refractivity contribution >= 4 is 17.6 Å². The molecule has 0 spiro atoms. The minimum atomic E-state index is 0.503. The highest BCUT2D eigenvalue weighted by Gasteiger charge is 2.19. The second-order valence-electron chi connectivity index (χ2n) is 3.04. The van der Waals surface area contributed by atoms with Gasteiger partial charge in [-0.15, -0.1) is 0 Å². The summed E-state index contributed by atoms with van der Waals surface area (Å²) >= 11 is 2.01. The first-order chi connectivity index (χ1) is 5.86. The average molecular weight is 184 g/mol. The maximum Gasteiger partial charge on any atom is 0.167 e. The molecule has 2 heterocycles. The minimum Gasteiger partial charge on any atom is -0.381 e. The van der Waals surface area contributed by atoms with E-state index < -0.39 is 0 Å². The van der Waals surface area contributed by atoms with E-state index in [0.717, 1.165) is 5.76 Å². The van der Waals surface area contributed by atoms with Crippen molar-refractivity contribution in [2.45, 2.75) is 18.8 Å². The first-order valence-corrected chi connectivity index (χ1v) is 5.31. The van der Waals surface area contributed by atoms with Crippen molar-refractivity contribution in [2.75, 3.05) is 17.2 Å². The Bertz CT molecular complexity index is 255. The largest absolute Gasteiger partial charge is 0.381 e. The third kappa shape index (κ3) is 1.58. The molecule has 4 heteroatoms. The molecule has 2 rings (SSSR count). The van der Waals surface area contributed by atoms with Gasteiger partial charge in [0.05, 0.1) is 0 Å². The zero-order chi connectivity index (χ0) is 8.39. The summed E-state index contributed by atoms with van der Waals surface area (Å²) in [7, 11) is 0. The molecule has 12 heavy (non-hydrogen) atoms. The molecule has 0 bridgehead atoms. The van der Waals surface area contributed by atoms with E-state index in [1.165, 1.54) is 24.3 Å². The molecule has 66 valence electrons. The van der Waals surface area contributed by atoms with Crippen LogP contribution >= 0.6 is 11.8 Å². The first kappa shape index (κ1) is 7.98. The number of hydrogen-bond acceptors (Lipinski definition) is 4. The molecule has 0 saturated carbocycles. The summed E-state index contributed by atoms with van der Waals surface area (Å²) in [4.78, 5) is 0. The van der Waals surface area contributed by atoms with Gasteiger partial charge >= 0.3 is 0 Å². The predicted molar refractivity (Wildman–Crippen MR) is 50.2 cm³/mol. The Morgan fingerprint density at radius 1 is 1.50 bits per heavy atom. The number of nitrogens with zero attached hydrogens (tertiary/aromatic N) is 1. The van der Waals surface area contributed by atoms with Crippen LogP contribution < -0.4 is 5.73 Å². The van der Waals surface area contributed by atoms with Crippen LogP contribution in [0.1, 0.15) is 24.5 Å². The molecule has 2 N–H and O–H groups in total. The van der Waals surface area contributed by atoms with Crippen molar-refractivity contribution in [1.82, 2.24) is 5.16 Å². The van der Waals surface area contributed by atoms with Crippen molar-refractivity contribution < 1.29 is 4.52 Å². The number of nitrogens with two attached hydrogens (primary N) is 1. The van der Waals surface area contributed by atoms with E-state index in [4.69, 9.17) is 10.3 Å². The molecular weight excluding hydrogens is 172 g/mol. The number of rotatable bonds is 1. The predicted octanol–water partition coefficient (Wildman–Crippen LogP) is 1.87. The smallest absolute Gasteiger partial charge is 0.167 e. The van der Waals surface area contributed by atoms with Crippen LogP contribution in [-0.2, 0) is 0 Å². The fourth-order valence-corrected chi connectivity index (χ4v) is 2.58. The number of thioether (sulfide) groups is 1. The van der Waals surface area contributed by atoms with Crippen LogP contribution in [0.4, 0.5) is 5.82 Å². The molecule has 1 fully saturated rings. The maximum absolute atomic E-state index is 5.48. The van der Waals surface area contributed by atoms with Crippen molar-refractivity contribution in [3.8, 4) is 0 Å². The molecule has 0 aromatic carbocycles. The molecule has 0 amide bonds. The quantitative estimate of drug-likeness (QED) is 0.724. The summed E-state index contributed by atoms with van der Waals surface area (Å²) in [5.74, 6) is 4.48. The lowest BCUT2D eigenvalue weighted by Crippen LogP contribution is -2.06. The van der Waals surface area contributed by atoms with E-state index in [0.29, 0.717) is 11.7 Å². The highest BCUT2D eigenvalue weighted by Crippen LogP contribution is 2.31. The maximum atomic E-state index is 5.48. The Morgan fingerprint density at radius 3 is 2.83 bits per heavy atom. The second kappa shape index (κ2) is 3.39. The van der Waals surface area contributed by atoms with Gasteiger partial charge in [0.25, 0.3) is 0 Å². The summed E-state index contributed by atoms with van der Waals surface area (Å²) in [6.45, 7) is 0. The van der Waals surface area contributed by atoms with Gasteiger partial charge in [0.2, 0.25) is 0 Å². The van der Waals surface area contributed by atoms with E-state index in [1.54, 1.807) is 0 Å². The van der Waals surface area contributed by atoms with Gasteiger partial charge in [-0.3, -0.25) is 0 Å². The van der Waals surface area contributed by atoms with E-state index in [2.05, 4.69) is 5.16 Å². The van der Waals surface area contributed by atoms with Crippen LogP contribution in [-0.4, -0.2) is 16.7 Å². The van der Waals surface area contributed by atoms with Crippen molar-refractivity contribution in [2.24, 2.45) is 0 Å². The van der Waals surface area contributed by atoms with E-state index in [1.807, 2.05) is 17.8 Å². The summed E-state index contributed by atoms with van der Waals surface area (Å²) in [6, 6.07) is 1.85. The third-order valence-corrected chi connectivity index (χ3v) is 3.22. The highest BCUT2D eigenvalue weighted by atomic mass is 32.2. The van der Waals surface area contributed by atoms with Gasteiger partial charge in [-0.1, -0.05) is 5.16 Å². The van der Waals surface area contributed by atoms with E-state index in [-0.39, 0.29) is 0 Å². The lowest BCUT2D eigenvalue weighted by atomic mass is 10.0. The Labute approximate surface area is 75.7 Å². The van der Waals surface area contributed by atoms with Crippen LogP contribution in [0.5, 0.6) is 0 Å². The lowest BCUT2D eigenvalue weighted by molar-refractivity contribution is 0.354. The highest BCUT2D eigenvalue weighted by molar-refractivity contribution is 7.99. The molecule has 1 saturated heterocycles. The van der Waals surface area contributed by atoms with Crippen LogP contribution in [0.3, 0.4) is 0 Å². The molecule has 3 nitrogen and oxygen atoms in total. The average Bonchev–Trinajstić information content (AvgIpc) is 2.54. The van der Waals surface area contributed by atoms with Gasteiger partial charge in [0, 0.05) is 12.0 Å². The van der Waals surface area contributed by atoms with Gasteiger partial charge in [0.15, 0.2) is 5.82 Å². The second-order valence-corrected chi connectivity index (χ2v) is 4.27. The van der Waals surface area contributed by atoms with Crippen LogP contribution in [0.15, 0.2) is 10.6 Å². The van der Waals surface area contributed by atoms with Crippen LogP contribution in [0.25, 0.3) is 0 Å². The summed E-state index contributed by atoms with van der Waals surface area (Å²) in [6.07, 6.45) is 2.39. The SMILES string of the molecule is Nc1cc(C2CCSCC2)on1.